The van der Waals surface area contributed by atoms with E-state index in [9.17, 15) is 4.79 Å². The maximum atomic E-state index is 11.1. The third kappa shape index (κ3) is 2.50. The second-order valence-electron chi connectivity index (χ2n) is 5.72. The molecule has 1 aliphatic rings. The van der Waals surface area contributed by atoms with E-state index in [1.54, 1.807) is 0 Å². The van der Waals surface area contributed by atoms with Crippen LogP contribution in [-0.4, -0.2) is 11.5 Å². The minimum absolute atomic E-state index is 0.406. The van der Waals surface area contributed by atoms with Gasteiger partial charge in [0.2, 0.25) is 0 Å². The summed E-state index contributed by atoms with van der Waals surface area (Å²) in [5.74, 6) is 0.893. The maximum Gasteiger partial charge on any atom is 0.417 e. The third-order valence-corrected chi connectivity index (χ3v) is 4.31. The molecule has 4 heteroatoms. The normalized spacial score (nSPS) is 22.8. The van der Waals surface area contributed by atoms with Crippen molar-refractivity contribution >= 4 is 16.8 Å². The van der Waals surface area contributed by atoms with Crippen molar-refractivity contribution in [1.29, 1.82) is 0 Å². The maximum absolute atomic E-state index is 11.1. The minimum atomic E-state index is -0.406. The number of aromatic nitrogens is 1. The molecule has 0 aliphatic heterocycles. The van der Waals surface area contributed by atoms with E-state index in [4.69, 9.17) is 4.42 Å². The number of H-pyrrole nitrogens is 1. The number of aromatic amines is 1. The zero-order chi connectivity index (χ0) is 14.1. The fourth-order valence-electron chi connectivity index (χ4n) is 3.03. The van der Waals surface area contributed by atoms with Crippen molar-refractivity contribution in [3.05, 3.63) is 40.4 Å². The summed E-state index contributed by atoms with van der Waals surface area (Å²) in [5.41, 5.74) is 3.83. The molecule has 0 amide bonds. The number of hydrogen-bond donors (Lipinski definition) is 2. The summed E-state index contributed by atoms with van der Waals surface area (Å²) in [6.45, 7) is 5.47. The molecule has 0 saturated carbocycles. The molecule has 0 spiro atoms. The Morgan fingerprint density at radius 3 is 3.10 bits per heavy atom. The van der Waals surface area contributed by atoms with Gasteiger partial charge in [-0.1, -0.05) is 18.6 Å². The molecule has 106 valence electrons. The Labute approximate surface area is 117 Å². The highest BCUT2D eigenvalue weighted by atomic mass is 16.4. The number of fused-ring (bicyclic) bond motifs is 1. The highest BCUT2D eigenvalue weighted by Crippen LogP contribution is 2.30. The number of hydrogen-bond acceptors (Lipinski definition) is 3. The van der Waals surface area contributed by atoms with Gasteiger partial charge in [-0.3, -0.25) is 4.98 Å². The molecular formula is C16H20N2O2. The first-order valence-electron chi connectivity index (χ1n) is 7.17. The van der Waals surface area contributed by atoms with Gasteiger partial charge < -0.3 is 9.73 Å². The zero-order valence-corrected chi connectivity index (χ0v) is 11.9. The van der Waals surface area contributed by atoms with Crippen molar-refractivity contribution in [3.8, 4) is 0 Å². The number of rotatable bonds is 3. The van der Waals surface area contributed by atoms with Crippen LogP contribution in [0.5, 0.6) is 0 Å². The highest BCUT2D eigenvalue weighted by molar-refractivity contribution is 5.76. The first-order chi connectivity index (χ1) is 9.63. The summed E-state index contributed by atoms with van der Waals surface area (Å²) in [4.78, 5) is 13.8. The van der Waals surface area contributed by atoms with Crippen molar-refractivity contribution in [2.75, 3.05) is 11.9 Å². The molecule has 1 aliphatic carbocycles. The van der Waals surface area contributed by atoms with Gasteiger partial charge in [0.25, 0.3) is 0 Å². The molecule has 2 atom stereocenters. The van der Waals surface area contributed by atoms with Crippen LogP contribution in [0.25, 0.3) is 11.1 Å². The SMILES string of the molecule is CC1=CCCC(C)C1CNc1ccc2oc(=O)[nH]c2c1. The van der Waals surface area contributed by atoms with Gasteiger partial charge in [-0.2, -0.15) is 0 Å². The molecule has 1 aromatic carbocycles. The largest absolute Gasteiger partial charge is 0.417 e. The Hall–Kier alpha value is -1.97. The van der Waals surface area contributed by atoms with Gasteiger partial charge in [0.05, 0.1) is 5.52 Å². The van der Waals surface area contributed by atoms with E-state index >= 15 is 0 Å². The molecule has 0 radical (unpaired) electrons. The summed E-state index contributed by atoms with van der Waals surface area (Å²) in [5, 5.41) is 3.47. The van der Waals surface area contributed by atoms with Crippen LogP contribution in [0.3, 0.4) is 0 Å². The van der Waals surface area contributed by atoms with Crippen molar-refractivity contribution < 1.29 is 4.42 Å². The molecule has 1 heterocycles. The van der Waals surface area contributed by atoms with E-state index in [0.717, 1.165) is 17.7 Å². The van der Waals surface area contributed by atoms with Crippen LogP contribution in [0.1, 0.15) is 26.7 Å². The first-order valence-corrected chi connectivity index (χ1v) is 7.17. The van der Waals surface area contributed by atoms with Crippen LogP contribution in [-0.2, 0) is 0 Å². The lowest BCUT2D eigenvalue weighted by Gasteiger charge is -2.29. The quantitative estimate of drug-likeness (QED) is 0.840. The number of nitrogens with one attached hydrogen (secondary N) is 2. The van der Waals surface area contributed by atoms with E-state index in [2.05, 4.69) is 30.2 Å². The molecule has 4 nitrogen and oxygen atoms in total. The van der Waals surface area contributed by atoms with Gasteiger partial charge in [-0.25, -0.2) is 4.79 Å². The second-order valence-corrected chi connectivity index (χ2v) is 5.72. The average molecular weight is 272 g/mol. The molecule has 0 fully saturated rings. The summed E-state index contributed by atoms with van der Waals surface area (Å²) >= 11 is 0. The average Bonchev–Trinajstić information content (AvgIpc) is 2.77. The Kier molecular flexibility index (Phi) is 3.38. The first kappa shape index (κ1) is 13.0. The van der Waals surface area contributed by atoms with E-state index < -0.39 is 5.76 Å². The fourth-order valence-corrected chi connectivity index (χ4v) is 3.03. The minimum Gasteiger partial charge on any atom is -0.408 e. The highest BCUT2D eigenvalue weighted by Gasteiger charge is 2.21. The molecule has 3 rings (SSSR count). The molecule has 1 aromatic heterocycles. The number of anilines is 1. The lowest BCUT2D eigenvalue weighted by molar-refractivity contribution is 0.381. The smallest absolute Gasteiger partial charge is 0.408 e. The van der Waals surface area contributed by atoms with Crippen molar-refractivity contribution in [2.24, 2.45) is 11.8 Å². The second kappa shape index (κ2) is 5.19. The molecule has 0 bridgehead atoms. The molecule has 2 unspecified atom stereocenters. The number of benzene rings is 1. The van der Waals surface area contributed by atoms with Crippen LogP contribution in [0, 0.1) is 11.8 Å². The molecule has 0 saturated heterocycles. The molecule has 2 aromatic rings. The predicted molar refractivity (Wildman–Crippen MR) is 81.0 cm³/mol. The summed E-state index contributed by atoms with van der Waals surface area (Å²) in [6, 6.07) is 5.70. The summed E-state index contributed by atoms with van der Waals surface area (Å²) in [6.07, 6.45) is 4.81. The van der Waals surface area contributed by atoms with Crippen LogP contribution in [0.4, 0.5) is 5.69 Å². The molecule has 20 heavy (non-hydrogen) atoms. The predicted octanol–water partition coefficient (Wildman–Crippen LogP) is 3.53. The van der Waals surface area contributed by atoms with E-state index in [0.29, 0.717) is 17.4 Å². The Morgan fingerprint density at radius 2 is 2.30 bits per heavy atom. The van der Waals surface area contributed by atoms with Crippen LogP contribution < -0.4 is 11.1 Å². The van der Waals surface area contributed by atoms with Gasteiger partial charge >= 0.3 is 5.76 Å². The van der Waals surface area contributed by atoms with E-state index in [1.807, 2.05) is 18.2 Å². The Morgan fingerprint density at radius 1 is 1.45 bits per heavy atom. The Balaban J connectivity index is 1.74. The van der Waals surface area contributed by atoms with Gasteiger partial charge in [-0.05, 0) is 49.8 Å². The van der Waals surface area contributed by atoms with Crippen LogP contribution in [0.2, 0.25) is 0 Å². The fraction of sp³-hybridized carbons (Fsp3) is 0.438. The Bertz CT molecular complexity index is 696. The van der Waals surface area contributed by atoms with Crippen molar-refractivity contribution in [3.63, 3.8) is 0 Å². The third-order valence-electron chi connectivity index (χ3n) is 4.31. The van der Waals surface area contributed by atoms with Gasteiger partial charge in [-0.15, -0.1) is 0 Å². The van der Waals surface area contributed by atoms with Gasteiger partial charge in [0, 0.05) is 12.2 Å². The van der Waals surface area contributed by atoms with Crippen molar-refractivity contribution in [1.82, 2.24) is 4.98 Å². The monoisotopic (exact) mass is 272 g/mol. The number of allylic oxidation sites excluding steroid dienone is 1. The molecule has 2 N–H and O–H groups in total. The standard InChI is InChI=1S/C16H20N2O2/c1-10-4-3-5-11(2)13(10)9-17-12-6-7-15-14(8-12)18-16(19)20-15/h4,6-8,11,13,17H,3,5,9H2,1-2H3,(H,18,19). The lowest BCUT2D eigenvalue weighted by atomic mass is 9.80. The van der Waals surface area contributed by atoms with E-state index in [-0.39, 0.29) is 0 Å². The lowest BCUT2D eigenvalue weighted by Crippen LogP contribution is -2.24. The topological polar surface area (TPSA) is 58.0 Å². The van der Waals surface area contributed by atoms with Crippen LogP contribution in [0.15, 0.2) is 39.1 Å². The van der Waals surface area contributed by atoms with Gasteiger partial charge in [0.1, 0.15) is 0 Å². The summed E-state index contributed by atoms with van der Waals surface area (Å²) in [7, 11) is 0. The van der Waals surface area contributed by atoms with Gasteiger partial charge in [0.15, 0.2) is 5.58 Å². The van der Waals surface area contributed by atoms with Crippen molar-refractivity contribution in [2.45, 2.75) is 26.7 Å². The zero-order valence-electron chi connectivity index (χ0n) is 11.9. The van der Waals surface area contributed by atoms with E-state index in [1.165, 1.54) is 18.4 Å². The number of oxazole rings is 1. The molecular weight excluding hydrogens is 252 g/mol. The van der Waals surface area contributed by atoms with Crippen LogP contribution >= 0.6 is 0 Å². The summed E-state index contributed by atoms with van der Waals surface area (Å²) < 4.78 is 5.00.